The van der Waals surface area contributed by atoms with Crippen molar-refractivity contribution in [2.75, 3.05) is 13.1 Å². The van der Waals surface area contributed by atoms with E-state index in [0.717, 1.165) is 0 Å². The maximum atomic E-state index is 13.3. The molecule has 1 fully saturated rings. The predicted octanol–water partition coefficient (Wildman–Crippen LogP) is 3.01. The number of alkyl halides is 3. The fourth-order valence-corrected chi connectivity index (χ4v) is 2.64. The molecule has 2 atom stereocenters. The summed E-state index contributed by atoms with van der Waals surface area (Å²) in [5.74, 6) is -1.83. The molecule has 1 amide bonds. The Balaban J connectivity index is 2.15. The fraction of sp³-hybridized carbons (Fsp3) is 0.500. The highest BCUT2D eigenvalue weighted by atomic mass is 19.4. The molecule has 1 aromatic rings. The van der Waals surface area contributed by atoms with Crippen LogP contribution in [0.15, 0.2) is 24.3 Å². The number of benzene rings is 1. The monoisotopic (exact) mass is 329 g/mol. The summed E-state index contributed by atoms with van der Waals surface area (Å²) in [6, 6.07) is 5.93. The van der Waals surface area contributed by atoms with Crippen molar-refractivity contribution in [1.82, 2.24) is 4.90 Å². The zero-order chi connectivity index (χ0) is 17.2. The second kappa shape index (κ2) is 6.60. The van der Waals surface area contributed by atoms with Gasteiger partial charge in [-0.1, -0.05) is 24.3 Å². The summed E-state index contributed by atoms with van der Waals surface area (Å²) in [6.45, 7) is 3.36. The van der Waals surface area contributed by atoms with E-state index in [9.17, 15) is 22.8 Å². The van der Waals surface area contributed by atoms with Crippen molar-refractivity contribution in [2.24, 2.45) is 5.92 Å². The fourth-order valence-electron chi connectivity index (χ4n) is 2.64. The molecule has 0 bridgehead atoms. The van der Waals surface area contributed by atoms with Crippen LogP contribution in [0.3, 0.4) is 0 Å². The summed E-state index contributed by atoms with van der Waals surface area (Å²) >= 11 is 0. The topological polar surface area (TPSA) is 46.6 Å². The van der Waals surface area contributed by atoms with Crippen molar-refractivity contribution in [3.63, 3.8) is 0 Å². The third-order valence-electron chi connectivity index (χ3n) is 3.97. The van der Waals surface area contributed by atoms with E-state index >= 15 is 0 Å². The maximum absolute atomic E-state index is 13.3. The van der Waals surface area contributed by atoms with E-state index in [-0.39, 0.29) is 18.0 Å². The summed E-state index contributed by atoms with van der Waals surface area (Å²) in [5, 5.41) is 0. The van der Waals surface area contributed by atoms with Gasteiger partial charge in [0.2, 0.25) is 12.0 Å². The van der Waals surface area contributed by atoms with Gasteiger partial charge in [-0.05, 0) is 18.9 Å². The molecule has 0 radical (unpaired) electrons. The van der Waals surface area contributed by atoms with Gasteiger partial charge >= 0.3 is 12.1 Å². The first-order valence-electron chi connectivity index (χ1n) is 7.28. The number of hydrogen-bond donors (Lipinski definition) is 0. The molecule has 1 heterocycles. The first-order chi connectivity index (χ1) is 10.7. The number of esters is 1. The first kappa shape index (κ1) is 17.3. The van der Waals surface area contributed by atoms with Crippen LogP contribution >= 0.6 is 0 Å². The lowest BCUT2D eigenvalue weighted by molar-refractivity contribution is -0.226. The highest BCUT2D eigenvalue weighted by molar-refractivity contribution is 5.77. The lowest BCUT2D eigenvalue weighted by Gasteiger charge is -2.24. The number of nitrogens with zero attached hydrogens (tertiary/aromatic N) is 1. The minimum Gasteiger partial charge on any atom is -0.447 e. The molecule has 0 unspecified atom stereocenters. The zero-order valence-corrected chi connectivity index (χ0v) is 12.9. The molecule has 1 aliphatic rings. The summed E-state index contributed by atoms with van der Waals surface area (Å²) in [4.78, 5) is 24.8. The highest BCUT2D eigenvalue weighted by Crippen LogP contribution is 2.38. The summed E-state index contributed by atoms with van der Waals surface area (Å²) in [6.07, 6.45) is -6.67. The van der Waals surface area contributed by atoms with Gasteiger partial charge in [-0.2, -0.15) is 13.2 Å². The van der Waals surface area contributed by atoms with E-state index in [4.69, 9.17) is 4.74 Å². The molecule has 1 aromatic carbocycles. The van der Waals surface area contributed by atoms with E-state index in [1.165, 1.54) is 36.9 Å². The highest BCUT2D eigenvalue weighted by Gasteiger charge is 2.46. The van der Waals surface area contributed by atoms with Gasteiger partial charge in [0.05, 0.1) is 5.92 Å². The number of halogens is 3. The Morgan fingerprint density at radius 1 is 1.30 bits per heavy atom. The van der Waals surface area contributed by atoms with Crippen molar-refractivity contribution in [1.29, 1.82) is 0 Å². The average Bonchev–Trinajstić information content (AvgIpc) is 2.94. The number of rotatable bonds is 3. The molecule has 4 nitrogen and oxygen atoms in total. The number of ether oxygens (including phenoxy) is 1. The second-order valence-corrected chi connectivity index (χ2v) is 5.67. The number of hydrogen-bond acceptors (Lipinski definition) is 3. The van der Waals surface area contributed by atoms with Crippen LogP contribution in [0.5, 0.6) is 0 Å². The third-order valence-corrected chi connectivity index (χ3v) is 3.97. The van der Waals surface area contributed by atoms with Crippen molar-refractivity contribution in [3.8, 4) is 0 Å². The zero-order valence-electron chi connectivity index (χ0n) is 12.9. The lowest BCUT2D eigenvalue weighted by atomic mass is 10.0. The molecule has 7 heteroatoms. The molecule has 0 saturated carbocycles. The van der Waals surface area contributed by atoms with Gasteiger partial charge < -0.3 is 9.64 Å². The quantitative estimate of drug-likeness (QED) is 0.801. The Bertz CT molecular complexity index is 600. The average molecular weight is 329 g/mol. The third kappa shape index (κ3) is 4.03. The molecule has 0 aromatic heterocycles. The van der Waals surface area contributed by atoms with Crippen LogP contribution in [-0.2, 0) is 14.3 Å². The molecule has 1 aliphatic heterocycles. The minimum absolute atomic E-state index is 0.0743. The number of amides is 1. The smallest absolute Gasteiger partial charge is 0.429 e. The molecule has 126 valence electrons. The number of carbonyl (C=O) groups excluding carboxylic acids is 2. The largest absolute Gasteiger partial charge is 0.447 e. The Labute approximate surface area is 132 Å². The molecule has 0 N–H and O–H groups in total. The van der Waals surface area contributed by atoms with Crippen LogP contribution in [0.25, 0.3) is 0 Å². The van der Waals surface area contributed by atoms with Crippen molar-refractivity contribution >= 4 is 11.9 Å². The molecule has 23 heavy (non-hydrogen) atoms. The first-order valence-corrected chi connectivity index (χ1v) is 7.28. The Hall–Kier alpha value is -2.05. The van der Waals surface area contributed by atoms with E-state index in [0.29, 0.717) is 18.5 Å². The Morgan fingerprint density at radius 3 is 2.48 bits per heavy atom. The molecular formula is C16H18F3NO3. The van der Waals surface area contributed by atoms with Gasteiger partial charge in [-0.15, -0.1) is 0 Å². The van der Waals surface area contributed by atoms with E-state index in [1.807, 2.05) is 0 Å². The van der Waals surface area contributed by atoms with Crippen molar-refractivity contribution in [3.05, 3.63) is 35.4 Å². The van der Waals surface area contributed by atoms with Gasteiger partial charge in [-0.25, -0.2) is 0 Å². The van der Waals surface area contributed by atoms with Gasteiger partial charge in [0.1, 0.15) is 0 Å². The summed E-state index contributed by atoms with van der Waals surface area (Å²) in [7, 11) is 0. The van der Waals surface area contributed by atoms with Crippen LogP contribution in [0.2, 0.25) is 0 Å². The van der Waals surface area contributed by atoms with E-state index in [2.05, 4.69) is 0 Å². The number of likely N-dealkylation sites (tertiary alicyclic amines) is 1. The minimum atomic E-state index is -4.69. The standard InChI is InChI=1S/C16H18F3NO3/c1-10-5-3-4-6-13(10)14(16(17,18)19)23-15(22)12-7-8-20(9-12)11(2)21/h3-6,12,14H,7-9H2,1-2H3/t12-,14-/m1/s1. The Kier molecular flexibility index (Phi) is 4.97. The normalized spacial score (nSPS) is 19.5. The van der Waals surface area contributed by atoms with E-state index in [1.54, 1.807) is 6.07 Å². The second-order valence-electron chi connectivity index (χ2n) is 5.67. The van der Waals surface area contributed by atoms with Crippen LogP contribution in [0, 0.1) is 12.8 Å². The van der Waals surface area contributed by atoms with Gasteiger partial charge in [-0.3, -0.25) is 9.59 Å². The molecule has 2 rings (SSSR count). The van der Waals surface area contributed by atoms with Crippen molar-refractivity contribution in [2.45, 2.75) is 32.5 Å². The van der Waals surface area contributed by atoms with Crippen LogP contribution in [0.1, 0.15) is 30.6 Å². The molecule has 0 aliphatic carbocycles. The molecule has 0 spiro atoms. The molecule has 1 saturated heterocycles. The number of carbonyl (C=O) groups is 2. The summed E-state index contributed by atoms with van der Waals surface area (Å²) < 4.78 is 44.7. The van der Waals surface area contributed by atoms with Crippen molar-refractivity contribution < 1.29 is 27.5 Å². The van der Waals surface area contributed by atoms with Gasteiger partial charge in [0, 0.05) is 25.6 Å². The maximum Gasteiger partial charge on any atom is 0.429 e. The Morgan fingerprint density at radius 2 is 1.96 bits per heavy atom. The SMILES string of the molecule is CC(=O)N1CC[C@@H](C(=O)O[C@H](c2ccccc2C)C(F)(F)F)C1. The van der Waals surface area contributed by atoms with Crippen LogP contribution in [-0.4, -0.2) is 36.0 Å². The van der Waals surface area contributed by atoms with Gasteiger partial charge in [0.25, 0.3) is 0 Å². The van der Waals surface area contributed by atoms with E-state index < -0.39 is 24.2 Å². The summed E-state index contributed by atoms with van der Waals surface area (Å²) in [5.41, 5.74) is 0.328. The predicted molar refractivity (Wildman–Crippen MR) is 76.4 cm³/mol. The molecular weight excluding hydrogens is 311 g/mol. The van der Waals surface area contributed by atoms with Crippen LogP contribution in [0.4, 0.5) is 13.2 Å². The van der Waals surface area contributed by atoms with Crippen LogP contribution < -0.4 is 0 Å². The lowest BCUT2D eigenvalue weighted by Crippen LogP contribution is -2.32. The van der Waals surface area contributed by atoms with Gasteiger partial charge in [0.15, 0.2) is 0 Å². The number of aryl methyl sites for hydroxylation is 1.